The van der Waals surface area contributed by atoms with Crippen LogP contribution in [0.2, 0.25) is 0 Å². The quantitative estimate of drug-likeness (QED) is 0.554. The summed E-state index contributed by atoms with van der Waals surface area (Å²) in [5.74, 6) is 0. The standard InChI is InChI=1S/C9H18N2/c1-11-9-5-3-2-4-8(10)6-7-9/h6-9,11H,2-5,10H2,1H3/b7-6+. The smallest absolute Gasteiger partial charge is 0.0247 e. The Morgan fingerprint density at radius 1 is 1.27 bits per heavy atom. The average Bonchev–Trinajstić information content (AvgIpc) is 1.98. The van der Waals surface area contributed by atoms with E-state index in [9.17, 15) is 0 Å². The zero-order valence-corrected chi connectivity index (χ0v) is 7.22. The van der Waals surface area contributed by atoms with E-state index in [0.29, 0.717) is 6.04 Å². The van der Waals surface area contributed by atoms with Crippen molar-refractivity contribution in [2.24, 2.45) is 5.73 Å². The highest BCUT2D eigenvalue weighted by atomic mass is 14.9. The third kappa shape index (κ3) is 3.04. The Morgan fingerprint density at radius 2 is 2.00 bits per heavy atom. The molecule has 3 N–H and O–H groups in total. The summed E-state index contributed by atoms with van der Waals surface area (Å²) < 4.78 is 0. The molecule has 0 aliphatic heterocycles. The van der Waals surface area contributed by atoms with Gasteiger partial charge in [0.15, 0.2) is 0 Å². The van der Waals surface area contributed by atoms with E-state index >= 15 is 0 Å². The largest absolute Gasteiger partial charge is 0.324 e. The van der Waals surface area contributed by atoms with Crippen LogP contribution in [0.3, 0.4) is 0 Å². The summed E-state index contributed by atoms with van der Waals surface area (Å²) in [7, 11) is 2.00. The van der Waals surface area contributed by atoms with Crippen molar-refractivity contribution in [1.29, 1.82) is 0 Å². The second-order valence-electron chi connectivity index (χ2n) is 3.23. The third-order valence-electron chi connectivity index (χ3n) is 2.26. The normalized spacial score (nSPS) is 35.8. The summed E-state index contributed by atoms with van der Waals surface area (Å²) in [6.45, 7) is 0. The Labute approximate surface area is 68.9 Å². The average molecular weight is 154 g/mol. The van der Waals surface area contributed by atoms with Crippen LogP contribution in [0.15, 0.2) is 12.2 Å². The lowest BCUT2D eigenvalue weighted by atomic mass is 10.0. The summed E-state index contributed by atoms with van der Waals surface area (Å²) >= 11 is 0. The van der Waals surface area contributed by atoms with Crippen LogP contribution in [0.25, 0.3) is 0 Å². The van der Waals surface area contributed by atoms with Gasteiger partial charge in [0.05, 0.1) is 0 Å². The van der Waals surface area contributed by atoms with E-state index in [4.69, 9.17) is 5.73 Å². The fourth-order valence-corrected chi connectivity index (χ4v) is 1.45. The van der Waals surface area contributed by atoms with Gasteiger partial charge in [0.25, 0.3) is 0 Å². The summed E-state index contributed by atoms with van der Waals surface area (Å²) in [5.41, 5.74) is 5.81. The van der Waals surface area contributed by atoms with Gasteiger partial charge in [0.1, 0.15) is 0 Å². The van der Waals surface area contributed by atoms with Crippen molar-refractivity contribution in [3.63, 3.8) is 0 Å². The van der Waals surface area contributed by atoms with Crippen LogP contribution in [-0.4, -0.2) is 19.1 Å². The lowest BCUT2D eigenvalue weighted by molar-refractivity contribution is 0.524. The first kappa shape index (κ1) is 8.75. The van der Waals surface area contributed by atoms with Gasteiger partial charge in [-0.3, -0.25) is 0 Å². The summed E-state index contributed by atoms with van der Waals surface area (Å²) in [4.78, 5) is 0. The third-order valence-corrected chi connectivity index (χ3v) is 2.26. The Hall–Kier alpha value is -0.340. The van der Waals surface area contributed by atoms with E-state index in [2.05, 4.69) is 17.5 Å². The van der Waals surface area contributed by atoms with E-state index in [-0.39, 0.29) is 6.04 Å². The summed E-state index contributed by atoms with van der Waals surface area (Å²) in [6, 6.07) is 0.826. The maximum absolute atomic E-state index is 5.81. The Morgan fingerprint density at radius 3 is 2.73 bits per heavy atom. The van der Waals surface area contributed by atoms with Gasteiger partial charge in [0, 0.05) is 12.1 Å². The number of hydrogen-bond donors (Lipinski definition) is 2. The van der Waals surface area contributed by atoms with E-state index in [1.165, 1.54) is 19.3 Å². The number of likely N-dealkylation sites (N-methyl/N-ethyl adjacent to an activating group) is 1. The lowest BCUT2D eigenvalue weighted by Gasteiger charge is -2.16. The predicted octanol–water partition coefficient (Wildman–Crippen LogP) is 1.03. The molecule has 0 fully saturated rings. The fraction of sp³-hybridized carbons (Fsp3) is 0.778. The molecule has 0 aromatic rings. The maximum Gasteiger partial charge on any atom is 0.0247 e. The minimum Gasteiger partial charge on any atom is -0.324 e. The highest BCUT2D eigenvalue weighted by Gasteiger charge is 2.06. The van der Waals surface area contributed by atoms with Crippen LogP contribution in [-0.2, 0) is 0 Å². The molecule has 1 rings (SSSR count). The molecule has 0 aromatic carbocycles. The molecule has 0 saturated heterocycles. The molecule has 0 heterocycles. The van der Waals surface area contributed by atoms with Crippen LogP contribution in [0.5, 0.6) is 0 Å². The molecule has 1 aliphatic rings. The molecule has 2 unspecified atom stereocenters. The fourth-order valence-electron chi connectivity index (χ4n) is 1.45. The van der Waals surface area contributed by atoms with Crippen molar-refractivity contribution >= 4 is 0 Å². The molecule has 0 aromatic heterocycles. The number of nitrogens with two attached hydrogens (primary N) is 1. The van der Waals surface area contributed by atoms with Crippen LogP contribution in [0.1, 0.15) is 25.7 Å². The molecule has 2 atom stereocenters. The van der Waals surface area contributed by atoms with Crippen molar-refractivity contribution in [1.82, 2.24) is 5.32 Å². The number of rotatable bonds is 1. The highest BCUT2D eigenvalue weighted by Crippen LogP contribution is 2.10. The Kier molecular flexibility index (Phi) is 3.60. The molecule has 0 saturated carbocycles. The maximum atomic E-state index is 5.81. The zero-order valence-electron chi connectivity index (χ0n) is 7.22. The van der Waals surface area contributed by atoms with Crippen molar-refractivity contribution in [2.45, 2.75) is 37.8 Å². The van der Waals surface area contributed by atoms with E-state index in [1.54, 1.807) is 0 Å². The van der Waals surface area contributed by atoms with Gasteiger partial charge in [-0.2, -0.15) is 0 Å². The summed E-state index contributed by atoms with van der Waals surface area (Å²) in [6.07, 6.45) is 9.28. The van der Waals surface area contributed by atoms with Gasteiger partial charge in [-0.25, -0.2) is 0 Å². The van der Waals surface area contributed by atoms with Gasteiger partial charge in [-0.15, -0.1) is 0 Å². The monoisotopic (exact) mass is 154 g/mol. The van der Waals surface area contributed by atoms with Crippen molar-refractivity contribution in [3.05, 3.63) is 12.2 Å². The minimum absolute atomic E-state index is 0.283. The molecule has 0 radical (unpaired) electrons. The van der Waals surface area contributed by atoms with Gasteiger partial charge in [-0.05, 0) is 19.9 Å². The van der Waals surface area contributed by atoms with Crippen LogP contribution in [0.4, 0.5) is 0 Å². The van der Waals surface area contributed by atoms with Crippen molar-refractivity contribution < 1.29 is 0 Å². The molecule has 2 nitrogen and oxygen atoms in total. The van der Waals surface area contributed by atoms with Crippen LogP contribution < -0.4 is 11.1 Å². The molecule has 0 spiro atoms. The van der Waals surface area contributed by atoms with E-state index in [0.717, 1.165) is 6.42 Å². The van der Waals surface area contributed by atoms with Gasteiger partial charge < -0.3 is 11.1 Å². The minimum atomic E-state index is 0.283. The molecule has 0 bridgehead atoms. The van der Waals surface area contributed by atoms with E-state index in [1.807, 2.05) is 7.05 Å². The second kappa shape index (κ2) is 4.52. The molecule has 64 valence electrons. The molecule has 2 heteroatoms. The van der Waals surface area contributed by atoms with Gasteiger partial charge in [0.2, 0.25) is 0 Å². The van der Waals surface area contributed by atoms with Gasteiger partial charge in [-0.1, -0.05) is 25.0 Å². The first-order valence-corrected chi connectivity index (χ1v) is 4.44. The predicted molar refractivity (Wildman–Crippen MR) is 48.4 cm³/mol. The van der Waals surface area contributed by atoms with Crippen LogP contribution in [0, 0.1) is 0 Å². The second-order valence-corrected chi connectivity index (χ2v) is 3.23. The first-order valence-electron chi connectivity index (χ1n) is 4.44. The van der Waals surface area contributed by atoms with Gasteiger partial charge >= 0.3 is 0 Å². The first-order chi connectivity index (χ1) is 5.33. The molecular formula is C9H18N2. The Balaban J connectivity index is 2.43. The topological polar surface area (TPSA) is 38.0 Å². The molecule has 1 aliphatic carbocycles. The highest BCUT2D eigenvalue weighted by molar-refractivity contribution is 4.99. The Bertz CT molecular complexity index is 132. The molecule has 0 amide bonds. The summed E-state index contributed by atoms with van der Waals surface area (Å²) in [5, 5.41) is 3.25. The SMILES string of the molecule is CNC1/C=C/C(N)CCCC1. The van der Waals surface area contributed by atoms with Crippen molar-refractivity contribution in [2.75, 3.05) is 7.05 Å². The number of nitrogens with one attached hydrogen (secondary N) is 1. The zero-order chi connectivity index (χ0) is 8.10. The van der Waals surface area contributed by atoms with Crippen LogP contribution >= 0.6 is 0 Å². The van der Waals surface area contributed by atoms with Crippen molar-refractivity contribution in [3.8, 4) is 0 Å². The number of hydrogen-bond acceptors (Lipinski definition) is 2. The molecule has 11 heavy (non-hydrogen) atoms. The van der Waals surface area contributed by atoms with E-state index < -0.39 is 0 Å². The lowest BCUT2D eigenvalue weighted by Crippen LogP contribution is -2.26. The molecular weight excluding hydrogens is 136 g/mol.